The van der Waals surface area contributed by atoms with E-state index in [2.05, 4.69) is 26.1 Å². The molecule has 1 N–H and O–H groups in total. The molecule has 1 aromatic heterocycles. The first kappa shape index (κ1) is 24.2. The molecular weight excluding hydrogens is 456 g/mol. The van der Waals surface area contributed by atoms with E-state index in [1.54, 1.807) is 35.6 Å². The van der Waals surface area contributed by atoms with E-state index in [-0.39, 0.29) is 29.4 Å². The molecule has 2 aliphatic rings. The lowest BCUT2D eigenvalue weighted by Crippen LogP contribution is -2.48. The monoisotopic (exact) mass is 488 g/mol. The van der Waals surface area contributed by atoms with E-state index in [4.69, 9.17) is 16.3 Å². The molecule has 4 rings (SSSR count). The molecular formula is C26H33ClN2O3S. The molecule has 33 heavy (non-hydrogen) atoms. The number of thiophene rings is 1. The summed E-state index contributed by atoms with van der Waals surface area (Å²) >= 11 is 7.55. The second-order valence-electron chi connectivity index (χ2n) is 10.4. The van der Waals surface area contributed by atoms with Gasteiger partial charge in [-0.05, 0) is 74.3 Å². The number of nitrogens with zero attached hydrogens (tertiary/aromatic N) is 1. The van der Waals surface area contributed by atoms with Crippen molar-refractivity contribution in [2.45, 2.75) is 66.1 Å². The zero-order valence-electron chi connectivity index (χ0n) is 20.0. The maximum Gasteiger partial charge on any atom is 0.257 e. The van der Waals surface area contributed by atoms with Crippen LogP contribution in [-0.2, 0) is 17.6 Å². The molecule has 2 aromatic rings. The minimum atomic E-state index is -0.226. The van der Waals surface area contributed by atoms with Gasteiger partial charge in [0.1, 0.15) is 5.00 Å². The molecule has 0 spiro atoms. The number of halogens is 1. The summed E-state index contributed by atoms with van der Waals surface area (Å²) in [4.78, 5) is 29.9. The fourth-order valence-electron chi connectivity index (χ4n) is 4.92. The summed E-state index contributed by atoms with van der Waals surface area (Å²) in [6.45, 7) is 11.9. The molecule has 1 fully saturated rings. The number of anilines is 1. The molecule has 7 heteroatoms. The van der Waals surface area contributed by atoms with Gasteiger partial charge < -0.3 is 15.0 Å². The molecule has 2 amide bonds. The van der Waals surface area contributed by atoms with Gasteiger partial charge in [0, 0.05) is 28.6 Å². The predicted octanol–water partition coefficient (Wildman–Crippen LogP) is 6.05. The average molecular weight is 489 g/mol. The van der Waals surface area contributed by atoms with E-state index in [1.807, 2.05) is 18.7 Å². The summed E-state index contributed by atoms with van der Waals surface area (Å²) in [6, 6.07) is 6.81. The van der Waals surface area contributed by atoms with Gasteiger partial charge in [-0.1, -0.05) is 32.4 Å². The van der Waals surface area contributed by atoms with Gasteiger partial charge in [-0.3, -0.25) is 9.59 Å². The molecule has 5 nitrogen and oxygen atoms in total. The van der Waals surface area contributed by atoms with Gasteiger partial charge in [-0.25, -0.2) is 0 Å². The molecule has 1 aliphatic heterocycles. The van der Waals surface area contributed by atoms with E-state index >= 15 is 0 Å². The summed E-state index contributed by atoms with van der Waals surface area (Å²) < 4.78 is 5.84. The van der Waals surface area contributed by atoms with E-state index < -0.39 is 0 Å². The third-order valence-corrected chi connectivity index (χ3v) is 8.17. The number of hydrogen-bond donors (Lipinski definition) is 1. The number of fused-ring (bicyclic) bond motifs is 1. The van der Waals surface area contributed by atoms with Crippen LogP contribution in [0.1, 0.15) is 72.2 Å². The van der Waals surface area contributed by atoms with Crippen LogP contribution in [0, 0.1) is 11.3 Å². The van der Waals surface area contributed by atoms with Crippen molar-refractivity contribution in [3.05, 3.63) is 50.9 Å². The Hall–Kier alpha value is -1.89. The van der Waals surface area contributed by atoms with Crippen LogP contribution in [0.5, 0.6) is 0 Å². The lowest BCUT2D eigenvalue weighted by Gasteiger charge is -2.36. The lowest BCUT2D eigenvalue weighted by atomic mass is 9.72. The second-order valence-corrected chi connectivity index (χ2v) is 12.0. The van der Waals surface area contributed by atoms with Crippen molar-refractivity contribution in [2.24, 2.45) is 11.3 Å². The van der Waals surface area contributed by atoms with Gasteiger partial charge in [-0.15, -0.1) is 11.3 Å². The summed E-state index contributed by atoms with van der Waals surface area (Å²) in [5, 5.41) is 4.30. The number of benzene rings is 1. The highest BCUT2D eigenvalue weighted by Crippen LogP contribution is 2.45. The van der Waals surface area contributed by atoms with Gasteiger partial charge >= 0.3 is 0 Å². The molecule has 0 saturated carbocycles. The van der Waals surface area contributed by atoms with Crippen molar-refractivity contribution in [1.82, 2.24) is 4.90 Å². The first-order valence-corrected chi connectivity index (χ1v) is 12.9. The highest BCUT2D eigenvalue weighted by molar-refractivity contribution is 7.17. The van der Waals surface area contributed by atoms with Gasteiger partial charge in [0.05, 0.1) is 17.8 Å². The zero-order valence-corrected chi connectivity index (χ0v) is 21.6. The molecule has 178 valence electrons. The molecule has 1 aromatic carbocycles. The van der Waals surface area contributed by atoms with Crippen LogP contribution in [0.4, 0.5) is 5.00 Å². The lowest BCUT2D eigenvalue weighted by molar-refractivity contribution is -0.0586. The Balaban J connectivity index is 1.69. The van der Waals surface area contributed by atoms with Crippen LogP contribution in [0.2, 0.25) is 5.02 Å². The van der Waals surface area contributed by atoms with Gasteiger partial charge in [0.2, 0.25) is 0 Å². The fourth-order valence-corrected chi connectivity index (χ4v) is 6.36. The first-order chi connectivity index (χ1) is 15.5. The number of hydrogen-bond acceptors (Lipinski definition) is 4. The van der Waals surface area contributed by atoms with Crippen LogP contribution in [0.3, 0.4) is 0 Å². The number of amides is 2. The minimum absolute atomic E-state index is 0.00452. The highest BCUT2D eigenvalue weighted by Gasteiger charge is 2.36. The third-order valence-electron chi connectivity index (χ3n) is 6.74. The maximum absolute atomic E-state index is 13.8. The standard InChI is InChI=1S/C26H33ClN2O3S/c1-15-13-29(14-16(2)32-15)25(31)22-20-11-8-18(26(3,4)5)12-21(20)33-24(22)28-23(30)17-6-9-19(27)10-7-17/h6-7,9-10,15-16,18H,8,11-14H2,1-5H3,(H,28,30). The van der Waals surface area contributed by atoms with Crippen LogP contribution >= 0.6 is 22.9 Å². The molecule has 0 radical (unpaired) electrons. The molecule has 2 heterocycles. The molecule has 3 unspecified atom stereocenters. The number of morpholine rings is 1. The SMILES string of the molecule is CC1CN(C(=O)c2c(NC(=O)c3ccc(Cl)cc3)sc3c2CCC(C(C)(C)C)C3)CC(C)O1. The van der Waals surface area contributed by atoms with Crippen LogP contribution in [0.25, 0.3) is 0 Å². The quantitative estimate of drug-likeness (QED) is 0.571. The van der Waals surface area contributed by atoms with Crippen molar-refractivity contribution in [1.29, 1.82) is 0 Å². The van der Waals surface area contributed by atoms with Gasteiger partial charge in [0.15, 0.2) is 0 Å². The molecule has 0 bridgehead atoms. The van der Waals surface area contributed by atoms with Crippen LogP contribution < -0.4 is 5.32 Å². The highest BCUT2D eigenvalue weighted by atomic mass is 35.5. The smallest absolute Gasteiger partial charge is 0.257 e. The number of ether oxygens (including phenoxy) is 1. The van der Waals surface area contributed by atoms with Gasteiger partial charge in [0.25, 0.3) is 11.8 Å². The van der Waals surface area contributed by atoms with Crippen molar-refractivity contribution in [2.75, 3.05) is 18.4 Å². The number of rotatable bonds is 3. The summed E-state index contributed by atoms with van der Waals surface area (Å²) in [6.07, 6.45) is 2.83. The molecule has 3 atom stereocenters. The summed E-state index contributed by atoms with van der Waals surface area (Å²) in [5.74, 6) is 0.320. The summed E-state index contributed by atoms with van der Waals surface area (Å²) in [7, 11) is 0. The Bertz CT molecular complexity index is 1030. The largest absolute Gasteiger partial charge is 0.372 e. The van der Waals surface area contributed by atoms with Crippen LogP contribution in [0.15, 0.2) is 24.3 Å². The fraction of sp³-hybridized carbons (Fsp3) is 0.538. The normalized spacial score (nSPS) is 23.2. The summed E-state index contributed by atoms with van der Waals surface area (Å²) in [5.41, 5.74) is 2.51. The topological polar surface area (TPSA) is 58.6 Å². The number of nitrogens with one attached hydrogen (secondary N) is 1. The Morgan fingerprint density at radius 3 is 2.36 bits per heavy atom. The Kier molecular flexibility index (Phi) is 6.90. The number of carbonyl (C=O) groups excluding carboxylic acids is 2. The van der Waals surface area contributed by atoms with Crippen molar-refractivity contribution < 1.29 is 14.3 Å². The van der Waals surface area contributed by atoms with Crippen molar-refractivity contribution in [3.8, 4) is 0 Å². The van der Waals surface area contributed by atoms with E-state index in [0.29, 0.717) is 40.2 Å². The molecule has 1 aliphatic carbocycles. The predicted molar refractivity (Wildman–Crippen MR) is 135 cm³/mol. The minimum Gasteiger partial charge on any atom is -0.372 e. The Morgan fingerprint density at radius 1 is 1.12 bits per heavy atom. The Morgan fingerprint density at radius 2 is 1.76 bits per heavy atom. The first-order valence-electron chi connectivity index (χ1n) is 11.7. The third kappa shape index (κ3) is 5.28. The van der Waals surface area contributed by atoms with Crippen molar-refractivity contribution in [3.63, 3.8) is 0 Å². The number of carbonyl (C=O) groups is 2. The maximum atomic E-state index is 13.8. The molecule has 1 saturated heterocycles. The van der Waals surface area contributed by atoms with Crippen molar-refractivity contribution >= 4 is 39.8 Å². The van der Waals surface area contributed by atoms with Gasteiger partial charge in [-0.2, -0.15) is 0 Å². The van der Waals surface area contributed by atoms with E-state index in [1.165, 1.54) is 4.88 Å². The zero-order chi connectivity index (χ0) is 23.9. The van der Waals surface area contributed by atoms with E-state index in [9.17, 15) is 9.59 Å². The second kappa shape index (κ2) is 9.40. The average Bonchev–Trinajstić information content (AvgIpc) is 3.09. The van der Waals surface area contributed by atoms with E-state index in [0.717, 1.165) is 24.8 Å². The van der Waals surface area contributed by atoms with Crippen LogP contribution in [-0.4, -0.2) is 42.0 Å². The Labute approximate surface area is 205 Å².